The standard InChI is InChI=1S/C17H22N4O2/c1-13(2)15-18-17(23-19-15)21-10-6-9-20(11-12-21)16(22)14-7-4-3-5-8-14/h3-5,7-8,13H,6,9-12H2,1-2H3. The van der Waals surface area contributed by atoms with Crippen LogP contribution in [0.4, 0.5) is 6.01 Å². The summed E-state index contributed by atoms with van der Waals surface area (Å²) in [6.07, 6.45) is 0.887. The fourth-order valence-electron chi connectivity index (χ4n) is 2.66. The number of hydrogen-bond acceptors (Lipinski definition) is 5. The minimum absolute atomic E-state index is 0.0841. The zero-order valence-electron chi connectivity index (χ0n) is 13.6. The predicted molar refractivity (Wildman–Crippen MR) is 87.6 cm³/mol. The number of carbonyl (C=O) groups excluding carboxylic acids is 1. The summed E-state index contributed by atoms with van der Waals surface area (Å²) in [4.78, 5) is 21.0. The van der Waals surface area contributed by atoms with Gasteiger partial charge in [-0.25, -0.2) is 0 Å². The third kappa shape index (κ3) is 3.52. The Morgan fingerprint density at radius 2 is 1.91 bits per heavy atom. The largest absolute Gasteiger partial charge is 0.337 e. The van der Waals surface area contributed by atoms with Crippen molar-refractivity contribution in [1.29, 1.82) is 0 Å². The summed E-state index contributed by atoms with van der Waals surface area (Å²) in [5, 5.41) is 4.01. The van der Waals surface area contributed by atoms with E-state index in [1.54, 1.807) is 0 Å². The van der Waals surface area contributed by atoms with Crippen LogP contribution in [0.2, 0.25) is 0 Å². The fourth-order valence-corrected chi connectivity index (χ4v) is 2.66. The van der Waals surface area contributed by atoms with E-state index in [1.165, 1.54) is 0 Å². The molecule has 1 aromatic carbocycles. The molecule has 1 aliphatic heterocycles. The molecule has 0 aliphatic carbocycles. The van der Waals surface area contributed by atoms with Crippen LogP contribution in [0.15, 0.2) is 34.9 Å². The Hall–Kier alpha value is -2.37. The van der Waals surface area contributed by atoms with Crippen molar-refractivity contribution in [3.05, 3.63) is 41.7 Å². The van der Waals surface area contributed by atoms with Crippen molar-refractivity contribution >= 4 is 11.9 Å². The summed E-state index contributed by atoms with van der Waals surface area (Å²) in [6, 6.07) is 9.98. The van der Waals surface area contributed by atoms with E-state index in [-0.39, 0.29) is 11.8 Å². The summed E-state index contributed by atoms with van der Waals surface area (Å²) >= 11 is 0. The number of benzene rings is 1. The summed E-state index contributed by atoms with van der Waals surface area (Å²) in [5.41, 5.74) is 0.737. The van der Waals surface area contributed by atoms with Gasteiger partial charge in [-0.3, -0.25) is 4.79 Å². The molecule has 1 aromatic heterocycles. The normalized spacial score (nSPS) is 15.8. The maximum absolute atomic E-state index is 12.5. The van der Waals surface area contributed by atoms with Gasteiger partial charge in [0.15, 0.2) is 5.82 Å². The smallest absolute Gasteiger partial charge is 0.324 e. The molecule has 6 heteroatoms. The first-order chi connectivity index (χ1) is 11.1. The van der Waals surface area contributed by atoms with Gasteiger partial charge in [0.05, 0.1) is 0 Å². The Balaban J connectivity index is 1.66. The predicted octanol–water partition coefficient (Wildman–Crippen LogP) is 2.55. The first kappa shape index (κ1) is 15.5. The van der Waals surface area contributed by atoms with Crippen LogP contribution in [0, 0.1) is 0 Å². The van der Waals surface area contributed by atoms with Crippen molar-refractivity contribution in [3.8, 4) is 0 Å². The van der Waals surface area contributed by atoms with Gasteiger partial charge in [0.2, 0.25) is 0 Å². The Morgan fingerprint density at radius 3 is 2.61 bits per heavy atom. The van der Waals surface area contributed by atoms with E-state index in [2.05, 4.69) is 15.0 Å². The van der Waals surface area contributed by atoms with Crippen molar-refractivity contribution in [3.63, 3.8) is 0 Å². The average Bonchev–Trinajstić information content (AvgIpc) is 2.94. The van der Waals surface area contributed by atoms with Gasteiger partial charge < -0.3 is 14.3 Å². The number of nitrogens with zero attached hydrogens (tertiary/aromatic N) is 4. The lowest BCUT2D eigenvalue weighted by atomic mass is 10.2. The molecule has 0 bridgehead atoms. The van der Waals surface area contributed by atoms with Gasteiger partial charge in [0.1, 0.15) is 0 Å². The molecule has 0 radical (unpaired) electrons. The number of hydrogen-bond donors (Lipinski definition) is 0. The lowest BCUT2D eigenvalue weighted by Gasteiger charge is -2.21. The van der Waals surface area contributed by atoms with Crippen LogP contribution >= 0.6 is 0 Å². The minimum Gasteiger partial charge on any atom is -0.337 e. The van der Waals surface area contributed by atoms with E-state index in [4.69, 9.17) is 4.52 Å². The second-order valence-corrected chi connectivity index (χ2v) is 6.09. The van der Waals surface area contributed by atoms with E-state index in [1.807, 2.05) is 49.1 Å². The highest BCUT2D eigenvalue weighted by Gasteiger charge is 2.23. The van der Waals surface area contributed by atoms with Gasteiger partial charge in [-0.1, -0.05) is 37.2 Å². The maximum Gasteiger partial charge on any atom is 0.324 e. The summed E-state index contributed by atoms with van der Waals surface area (Å²) < 4.78 is 5.36. The van der Waals surface area contributed by atoms with Gasteiger partial charge in [0.25, 0.3) is 5.91 Å². The molecule has 1 aliphatic rings. The molecule has 0 atom stereocenters. The highest BCUT2D eigenvalue weighted by molar-refractivity contribution is 5.94. The molecule has 0 unspecified atom stereocenters. The van der Waals surface area contributed by atoms with Gasteiger partial charge >= 0.3 is 6.01 Å². The molecule has 0 spiro atoms. The second-order valence-electron chi connectivity index (χ2n) is 6.09. The van der Waals surface area contributed by atoms with Gasteiger partial charge in [0, 0.05) is 37.7 Å². The van der Waals surface area contributed by atoms with Crippen LogP contribution in [0.5, 0.6) is 0 Å². The van der Waals surface area contributed by atoms with Crippen LogP contribution in [-0.2, 0) is 0 Å². The van der Waals surface area contributed by atoms with Crippen LogP contribution in [0.1, 0.15) is 42.4 Å². The lowest BCUT2D eigenvalue weighted by molar-refractivity contribution is 0.0767. The molecule has 23 heavy (non-hydrogen) atoms. The Kier molecular flexibility index (Phi) is 4.60. The van der Waals surface area contributed by atoms with Crippen LogP contribution in [0.25, 0.3) is 0 Å². The van der Waals surface area contributed by atoms with E-state index < -0.39 is 0 Å². The molecule has 2 aromatic rings. The van der Waals surface area contributed by atoms with Crippen molar-refractivity contribution in [2.24, 2.45) is 0 Å². The molecular formula is C17H22N4O2. The van der Waals surface area contributed by atoms with E-state index in [0.717, 1.165) is 30.9 Å². The first-order valence-corrected chi connectivity index (χ1v) is 8.08. The monoisotopic (exact) mass is 314 g/mol. The molecule has 2 heterocycles. The van der Waals surface area contributed by atoms with E-state index >= 15 is 0 Å². The van der Waals surface area contributed by atoms with Crippen LogP contribution in [0.3, 0.4) is 0 Å². The van der Waals surface area contributed by atoms with Gasteiger partial charge in [-0.15, -0.1) is 0 Å². The summed E-state index contributed by atoms with van der Waals surface area (Å²) in [7, 11) is 0. The van der Waals surface area contributed by atoms with Crippen molar-refractivity contribution in [2.75, 3.05) is 31.1 Å². The first-order valence-electron chi connectivity index (χ1n) is 8.08. The third-order valence-electron chi connectivity index (χ3n) is 4.02. The molecule has 1 fully saturated rings. The molecule has 1 amide bonds. The van der Waals surface area contributed by atoms with Crippen LogP contribution < -0.4 is 4.90 Å². The highest BCUT2D eigenvalue weighted by Crippen LogP contribution is 2.18. The summed E-state index contributed by atoms with van der Waals surface area (Å²) in [6.45, 7) is 7.01. The Morgan fingerprint density at radius 1 is 1.13 bits per heavy atom. The quantitative estimate of drug-likeness (QED) is 0.871. The second kappa shape index (κ2) is 6.81. The molecule has 0 saturated carbocycles. The maximum atomic E-state index is 12.5. The Bertz CT molecular complexity index is 654. The van der Waals surface area contributed by atoms with E-state index in [0.29, 0.717) is 19.1 Å². The molecule has 1 saturated heterocycles. The van der Waals surface area contributed by atoms with Gasteiger partial charge in [-0.2, -0.15) is 4.98 Å². The van der Waals surface area contributed by atoms with E-state index in [9.17, 15) is 4.79 Å². The number of aromatic nitrogens is 2. The van der Waals surface area contributed by atoms with Crippen molar-refractivity contribution < 1.29 is 9.32 Å². The van der Waals surface area contributed by atoms with Gasteiger partial charge in [-0.05, 0) is 18.6 Å². The molecule has 6 nitrogen and oxygen atoms in total. The highest BCUT2D eigenvalue weighted by atomic mass is 16.5. The number of amides is 1. The number of rotatable bonds is 3. The molecular weight excluding hydrogens is 292 g/mol. The SMILES string of the molecule is CC(C)c1noc(N2CCCN(C(=O)c3ccccc3)CC2)n1. The zero-order valence-corrected chi connectivity index (χ0v) is 13.6. The third-order valence-corrected chi connectivity index (χ3v) is 4.02. The Labute approximate surface area is 136 Å². The lowest BCUT2D eigenvalue weighted by Crippen LogP contribution is -2.35. The zero-order chi connectivity index (χ0) is 16.2. The molecule has 122 valence electrons. The summed E-state index contributed by atoms with van der Waals surface area (Å²) in [5.74, 6) is 1.05. The fraction of sp³-hybridized carbons (Fsp3) is 0.471. The van der Waals surface area contributed by atoms with Crippen molar-refractivity contribution in [2.45, 2.75) is 26.2 Å². The van der Waals surface area contributed by atoms with Crippen molar-refractivity contribution in [1.82, 2.24) is 15.0 Å². The topological polar surface area (TPSA) is 62.5 Å². The number of carbonyl (C=O) groups is 1. The molecule has 3 rings (SSSR count). The number of anilines is 1. The average molecular weight is 314 g/mol. The molecule has 0 N–H and O–H groups in total. The van der Waals surface area contributed by atoms with Crippen LogP contribution in [-0.4, -0.2) is 47.1 Å². The minimum atomic E-state index is 0.0841.